The maximum atomic E-state index is 11.6. The molecule has 2 atom stereocenters. The third kappa shape index (κ3) is 3.13. The van der Waals surface area contributed by atoms with Crippen LogP contribution in [0.4, 0.5) is 0 Å². The first-order chi connectivity index (χ1) is 8.53. The third-order valence-electron chi connectivity index (χ3n) is 3.59. The van der Waals surface area contributed by atoms with Crippen LogP contribution in [0.5, 0.6) is 0 Å². The molecule has 2 unspecified atom stereocenters. The van der Waals surface area contributed by atoms with E-state index in [1.54, 1.807) is 11.3 Å². The van der Waals surface area contributed by atoms with Gasteiger partial charge in [0.1, 0.15) is 0 Å². The van der Waals surface area contributed by atoms with Crippen molar-refractivity contribution in [2.75, 3.05) is 18.1 Å². The smallest absolute Gasteiger partial charge is 0.150 e. The Balaban J connectivity index is 2.18. The van der Waals surface area contributed by atoms with Gasteiger partial charge in [-0.3, -0.25) is 0 Å². The van der Waals surface area contributed by atoms with Crippen molar-refractivity contribution >= 4 is 21.2 Å². The van der Waals surface area contributed by atoms with Crippen LogP contribution in [0.1, 0.15) is 36.2 Å². The summed E-state index contributed by atoms with van der Waals surface area (Å²) in [6, 6.07) is 2.34. The molecule has 1 aliphatic rings. The van der Waals surface area contributed by atoms with E-state index < -0.39 is 9.84 Å². The quantitative estimate of drug-likeness (QED) is 0.905. The van der Waals surface area contributed by atoms with E-state index in [1.807, 2.05) is 0 Å². The van der Waals surface area contributed by atoms with Gasteiger partial charge in [-0.2, -0.15) is 0 Å². The fourth-order valence-electron chi connectivity index (χ4n) is 2.63. The summed E-state index contributed by atoms with van der Waals surface area (Å²) in [5.41, 5.74) is 1.29. The highest BCUT2D eigenvalue weighted by Gasteiger charge is 2.34. The van der Waals surface area contributed by atoms with E-state index in [4.69, 9.17) is 0 Å². The van der Waals surface area contributed by atoms with Crippen LogP contribution in [-0.4, -0.2) is 26.5 Å². The lowest BCUT2D eigenvalue weighted by Crippen LogP contribution is -2.30. The molecule has 3 nitrogen and oxygen atoms in total. The van der Waals surface area contributed by atoms with E-state index in [0.717, 1.165) is 19.4 Å². The van der Waals surface area contributed by atoms with E-state index in [0.29, 0.717) is 11.5 Å². The molecule has 1 N–H and O–H groups in total. The number of thiophene rings is 1. The van der Waals surface area contributed by atoms with Crippen LogP contribution in [0.15, 0.2) is 11.4 Å². The van der Waals surface area contributed by atoms with Crippen molar-refractivity contribution in [3.05, 3.63) is 21.9 Å². The van der Waals surface area contributed by atoms with E-state index in [-0.39, 0.29) is 12.0 Å². The Morgan fingerprint density at radius 1 is 1.56 bits per heavy atom. The van der Waals surface area contributed by atoms with E-state index >= 15 is 0 Å². The average molecular weight is 287 g/mol. The van der Waals surface area contributed by atoms with Gasteiger partial charge in [-0.1, -0.05) is 6.92 Å². The van der Waals surface area contributed by atoms with Gasteiger partial charge in [-0.25, -0.2) is 8.42 Å². The monoisotopic (exact) mass is 287 g/mol. The minimum Gasteiger partial charge on any atom is -0.310 e. The Hall–Kier alpha value is -0.390. The minimum atomic E-state index is -2.81. The van der Waals surface area contributed by atoms with Crippen LogP contribution in [0.2, 0.25) is 0 Å². The molecule has 0 aliphatic carbocycles. The van der Waals surface area contributed by atoms with Crippen LogP contribution < -0.4 is 5.32 Å². The number of nitrogens with one attached hydrogen (secondary N) is 1. The van der Waals surface area contributed by atoms with Crippen LogP contribution in [0.3, 0.4) is 0 Å². The summed E-state index contributed by atoms with van der Waals surface area (Å²) in [5, 5.41) is 5.63. The summed E-state index contributed by atoms with van der Waals surface area (Å²) in [6.07, 6.45) is 1.86. The van der Waals surface area contributed by atoms with Crippen molar-refractivity contribution in [2.24, 2.45) is 5.92 Å². The second kappa shape index (κ2) is 5.72. The summed E-state index contributed by atoms with van der Waals surface area (Å²) in [4.78, 5) is 1.30. The number of hydrogen-bond donors (Lipinski definition) is 1. The predicted octanol–water partition coefficient (Wildman–Crippen LogP) is 2.53. The molecule has 2 rings (SSSR count). The SMILES string of the molecule is CCCNC(c1ccsc1C)C1CCS(=O)(=O)C1. The lowest BCUT2D eigenvalue weighted by Gasteiger charge is -2.24. The maximum Gasteiger partial charge on any atom is 0.150 e. The van der Waals surface area contributed by atoms with Crippen molar-refractivity contribution in [1.82, 2.24) is 5.32 Å². The molecule has 2 heterocycles. The molecule has 0 aromatic carbocycles. The lowest BCUT2D eigenvalue weighted by atomic mass is 9.93. The van der Waals surface area contributed by atoms with Crippen molar-refractivity contribution in [2.45, 2.75) is 32.7 Å². The standard InChI is InChI=1S/C13H21NO2S2/c1-3-6-14-13(12-4-7-17-10(12)2)11-5-8-18(15,16)9-11/h4,7,11,13-14H,3,5-6,8-9H2,1-2H3. The highest BCUT2D eigenvalue weighted by atomic mass is 32.2. The molecule has 1 fully saturated rings. The second-order valence-electron chi connectivity index (χ2n) is 5.03. The summed E-state index contributed by atoms with van der Waals surface area (Å²) in [5.74, 6) is 0.921. The zero-order valence-corrected chi connectivity index (χ0v) is 12.6. The van der Waals surface area contributed by atoms with Crippen LogP contribution in [0.25, 0.3) is 0 Å². The Bertz CT molecular complexity index is 493. The number of hydrogen-bond acceptors (Lipinski definition) is 4. The lowest BCUT2D eigenvalue weighted by molar-refractivity contribution is 0.392. The number of aryl methyl sites for hydroxylation is 1. The zero-order chi connectivity index (χ0) is 13.2. The van der Waals surface area contributed by atoms with Gasteiger partial charge in [0.15, 0.2) is 9.84 Å². The first-order valence-electron chi connectivity index (χ1n) is 6.51. The molecule has 18 heavy (non-hydrogen) atoms. The van der Waals surface area contributed by atoms with Crippen LogP contribution in [-0.2, 0) is 9.84 Å². The van der Waals surface area contributed by atoms with Crippen molar-refractivity contribution < 1.29 is 8.42 Å². The normalized spacial score (nSPS) is 24.2. The van der Waals surface area contributed by atoms with Crippen molar-refractivity contribution in [3.63, 3.8) is 0 Å². The fraction of sp³-hybridized carbons (Fsp3) is 0.692. The summed E-state index contributed by atoms with van der Waals surface area (Å²) >= 11 is 1.74. The van der Waals surface area contributed by atoms with Gasteiger partial charge in [0, 0.05) is 10.9 Å². The van der Waals surface area contributed by atoms with Gasteiger partial charge in [-0.05, 0) is 49.2 Å². The predicted molar refractivity (Wildman–Crippen MR) is 76.9 cm³/mol. The molecular weight excluding hydrogens is 266 g/mol. The molecule has 0 saturated carbocycles. The molecule has 0 bridgehead atoms. The van der Waals surface area contributed by atoms with Gasteiger partial charge < -0.3 is 5.32 Å². The second-order valence-corrected chi connectivity index (χ2v) is 8.38. The largest absolute Gasteiger partial charge is 0.310 e. The molecule has 1 aromatic heterocycles. The van der Waals surface area contributed by atoms with Gasteiger partial charge in [0.2, 0.25) is 0 Å². The molecule has 0 amide bonds. The molecule has 1 aromatic rings. The van der Waals surface area contributed by atoms with E-state index in [1.165, 1.54) is 10.4 Å². The van der Waals surface area contributed by atoms with E-state index in [2.05, 4.69) is 30.6 Å². The molecule has 0 radical (unpaired) electrons. The Kier molecular flexibility index (Phi) is 4.45. The zero-order valence-electron chi connectivity index (χ0n) is 11.0. The molecule has 5 heteroatoms. The summed E-state index contributed by atoms with van der Waals surface area (Å²) in [6.45, 7) is 5.19. The average Bonchev–Trinajstić information content (AvgIpc) is 2.87. The van der Waals surface area contributed by atoms with Crippen molar-refractivity contribution in [3.8, 4) is 0 Å². The van der Waals surface area contributed by atoms with Gasteiger partial charge in [-0.15, -0.1) is 11.3 Å². The highest BCUT2D eigenvalue weighted by molar-refractivity contribution is 7.91. The summed E-state index contributed by atoms with van der Waals surface area (Å²) in [7, 11) is -2.81. The Morgan fingerprint density at radius 2 is 2.33 bits per heavy atom. The topological polar surface area (TPSA) is 46.2 Å². The molecule has 1 aliphatic heterocycles. The highest BCUT2D eigenvalue weighted by Crippen LogP contribution is 2.34. The Labute approximate surface area is 114 Å². The summed E-state index contributed by atoms with van der Waals surface area (Å²) < 4.78 is 23.3. The Morgan fingerprint density at radius 3 is 2.83 bits per heavy atom. The van der Waals surface area contributed by atoms with E-state index in [9.17, 15) is 8.42 Å². The van der Waals surface area contributed by atoms with Crippen molar-refractivity contribution in [1.29, 1.82) is 0 Å². The van der Waals surface area contributed by atoms with Gasteiger partial charge in [0.05, 0.1) is 11.5 Å². The molecular formula is C13H21NO2S2. The number of rotatable bonds is 5. The maximum absolute atomic E-state index is 11.6. The van der Waals surface area contributed by atoms with Gasteiger partial charge in [0.25, 0.3) is 0 Å². The molecule has 1 saturated heterocycles. The first kappa shape index (κ1) is 14.0. The van der Waals surface area contributed by atoms with Gasteiger partial charge >= 0.3 is 0 Å². The minimum absolute atomic E-state index is 0.202. The molecule has 102 valence electrons. The third-order valence-corrected chi connectivity index (χ3v) is 6.24. The van der Waals surface area contributed by atoms with Crippen LogP contribution in [0, 0.1) is 12.8 Å². The molecule has 0 spiro atoms. The first-order valence-corrected chi connectivity index (χ1v) is 9.21. The van der Waals surface area contributed by atoms with Crippen LogP contribution >= 0.6 is 11.3 Å². The fourth-order valence-corrected chi connectivity index (χ4v) is 5.22. The number of sulfone groups is 1.